The van der Waals surface area contributed by atoms with E-state index in [-0.39, 0.29) is 10.4 Å². The van der Waals surface area contributed by atoms with E-state index in [0.29, 0.717) is 0 Å². The summed E-state index contributed by atoms with van der Waals surface area (Å²) in [7, 11) is 0. The van der Waals surface area contributed by atoms with Crippen molar-refractivity contribution in [2.75, 3.05) is 0 Å². The molecule has 0 bridgehead atoms. The number of rotatable bonds is 4. The molecule has 1 aliphatic carbocycles. The van der Waals surface area contributed by atoms with Crippen LogP contribution >= 0.6 is 23.2 Å². The van der Waals surface area contributed by atoms with Gasteiger partial charge in [-0.25, -0.2) is 13.8 Å². The van der Waals surface area contributed by atoms with Gasteiger partial charge in [0, 0.05) is 0 Å². The Morgan fingerprint density at radius 2 is 1.83 bits per heavy atom. The number of carbonyl (C=O) groups is 1. The molecule has 2 atom stereocenters. The second-order valence-electron chi connectivity index (χ2n) is 5.68. The second kappa shape index (κ2) is 6.28. The van der Waals surface area contributed by atoms with Crippen LogP contribution in [0.25, 0.3) is 0 Å². The molecular weight excluding hydrogens is 361 g/mol. The standard InChI is InChI=1S/C14H11Cl2F4NO2/c1-14(2)5(3-7(15)16)8(14)13(22)23-4-6-9(17)10(18)11(19)12(20)21-6/h3,5,8H,4H2,1-2H3. The molecule has 0 saturated heterocycles. The van der Waals surface area contributed by atoms with Gasteiger partial charge < -0.3 is 4.74 Å². The van der Waals surface area contributed by atoms with E-state index < -0.39 is 53.0 Å². The summed E-state index contributed by atoms with van der Waals surface area (Å²) >= 11 is 11.1. The van der Waals surface area contributed by atoms with Crippen LogP contribution in [0.3, 0.4) is 0 Å². The molecule has 1 saturated carbocycles. The first-order valence-corrected chi connectivity index (χ1v) is 7.21. The van der Waals surface area contributed by atoms with Crippen molar-refractivity contribution in [3.05, 3.63) is 39.7 Å². The van der Waals surface area contributed by atoms with Gasteiger partial charge >= 0.3 is 5.97 Å². The lowest BCUT2D eigenvalue weighted by Gasteiger charge is -2.07. The van der Waals surface area contributed by atoms with E-state index in [4.69, 9.17) is 27.9 Å². The highest BCUT2D eigenvalue weighted by molar-refractivity contribution is 6.55. The molecule has 9 heteroatoms. The van der Waals surface area contributed by atoms with E-state index in [1.807, 2.05) is 0 Å². The highest BCUT2D eigenvalue weighted by Gasteiger charge is 2.61. The van der Waals surface area contributed by atoms with Gasteiger partial charge in [0.1, 0.15) is 16.8 Å². The van der Waals surface area contributed by atoms with Crippen molar-refractivity contribution < 1.29 is 27.1 Å². The van der Waals surface area contributed by atoms with E-state index in [1.54, 1.807) is 13.8 Å². The molecule has 0 spiro atoms. The summed E-state index contributed by atoms with van der Waals surface area (Å²) in [5.74, 6) is -9.14. The Kier molecular flexibility index (Phi) is 4.92. The fourth-order valence-electron chi connectivity index (χ4n) is 2.43. The molecule has 2 unspecified atom stereocenters. The normalized spacial score (nSPS) is 21.7. The molecule has 126 valence electrons. The van der Waals surface area contributed by atoms with E-state index >= 15 is 0 Å². The van der Waals surface area contributed by atoms with Gasteiger partial charge in [0.2, 0.25) is 11.6 Å². The Morgan fingerprint density at radius 3 is 2.39 bits per heavy atom. The molecule has 1 aliphatic rings. The third kappa shape index (κ3) is 3.45. The van der Waals surface area contributed by atoms with Crippen LogP contribution in [0, 0.1) is 40.7 Å². The Bertz CT molecular complexity index is 690. The lowest BCUT2D eigenvalue weighted by molar-refractivity contribution is -0.147. The first kappa shape index (κ1) is 18.0. The Balaban J connectivity index is 2.08. The fraction of sp³-hybridized carbons (Fsp3) is 0.429. The van der Waals surface area contributed by atoms with Crippen LogP contribution < -0.4 is 0 Å². The van der Waals surface area contributed by atoms with Crippen molar-refractivity contribution in [1.29, 1.82) is 0 Å². The summed E-state index contributed by atoms with van der Waals surface area (Å²) in [5.41, 5.74) is -1.31. The topological polar surface area (TPSA) is 39.2 Å². The van der Waals surface area contributed by atoms with Crippen LogP contribution in [0.1, 0.15) is 19.5 Å². The van der Waals surface area contributed by atoms with E-state index in [2.05, 4.69) is 4.98 Å². The molecule has 0 aliphatic heterocycles. The number of hydrogen-bond acceptors (Lipinski definition) is 3. The molecule has 0 N–H and O–H groups in total. The van der Waals surface area contributed by atoms with Gasteiger partial charge in [-0.15, -0.1) is 0 Å². The predicted octanol–water partition coefficient (Wildman–Crippen LogP) is 4.27. The van der Waals surface area contributed by atoms with Gasteiger partial charge in [0.15, 0.2) is 5.82 Å². The van der Waals surface area contributed by atoms with Crippen molar-refractivity contribution in [3.8, 4) is 0 Å². The van der Waals surface area contributed by atoms with Crippen molar-refractivity contribution in [2.45, 2.75) is 20.5 Å². The molecule has 0 aromatic carbocycles. The Hall–Kier alpha value is -1.34. The summed E-state index contributed by atoms with van der Waals surface area (Å²) in [6.07, 6.45) is 1.48. The Labute approximate surface area is 139 Å². The van der Waals surface area contributed by atoms with Crippen LogP contribution in [-0.2, 0) is 16.1 Å². The minimum Gasteiger partial charge on any atom is -0.459 e. The SMILES string of the molecule is CC1(C)C(C=C(Cl)Cl)C1C(=O)OCc1nc(F)c(F)c(F)c1F. The molecule has 1 aromatic heterocycles. The summed E-state index contributed by atoms with van der Waals surface area (Å²) in [6.45, 7) is 2.72. The van der Waals surface area contributed by atoms with Crippen molar-refractivity contribution >= 4 is 29.2 Å². The van der Waals surface area contributed by atoms with Gasteiger partial charge in [-0.2, -0.15) is 8.78 Å². The van der Waals surface area contributed by atoms with Crippen LogP contribution in [0.5, 0.6) is 0 Å². The molecule has 0 radical (unpaired) electrons. The number of nitrogens with zero attached hydrogens (tertiary/aromatic N) is 1. The Morgan fingerprint density at radius 1 is 1.22 bits per heavy atom. The molecule has 0 amide bonds. The molecular formula is C14H11Cl2F4NO2. The molecule has 1 fully saturated rings. The first-order valence-electron chi connectivity index (χ1n) is 6.45. The maximum Gasteiger partial charge on any atom is 0.310 e. The number of pyridine rings is 1. The quantitative estimate of drug-likeness (QED) is 0.450. The van der Waals surface area contributed by atoms with Crippen molar-refractivity contribution in [3.63, 3.8) is 0 Å². The molecule has 1 heterocycles. The van der Waals surface area contributed by atoms with E-state index in [1.165, 1.54) is 6.08 Å². The maximum atomic E-state index is 13.4. The third-order valence-electron chi connectivity index (χ3n) is 3.87. The number of allylic oxidation sites excluding steroid dienone is 1. The summed E-state index contributed by atoms with van der Waals surface area (Å²) < 4.78 is 57.1. The highest BCUT2D eigenvalue weighted by atomic mass is 35.5. The average Bonchev–Trinajstić information content (AvgIpc) is 2.99. The maximum absolute atomic E-state index is 13.4. The second-order valence-corrected chi connectivity index (χ2v) is 6.69. The fourth-order valence-corrected chi connectivity index (χ4v) is 2.70. The number of aromatic nitrogens is 1. The number of esters is 1. The number of hydrogen-bond donors (Lipinski definition) is 0. The zero-order chi connectivity index (χ0) is 17.5. The van der Waals surface area contributed by atoms with Gasteiger partial charge in [0.05, 0.1) is 5.92 Å². The molecule has 23 heavy (non-hydrogen) atoms. The van der Waals surface area contributed by atoms with Gasteiger partial charge in [-0.05, 0) is 17.4 Å². The summed E-state index contributed by atoms with van der Waals surface area (Å²) in [4.78, 5) is 14.9. The summed E-state index contributed by atoms with van der Waals surface area (Å²) in [5, 5.41) is 0. The molecule has 1 aromatic rings. The lowest BCUT2D eigenvalue weighted by atomic mass is 10.1. The van der Waals surface area contributed by atoms with Crippen molar-refractivity contribution in [1.82, 2.24) is 4.98 Å². The monoisotopic (exact) mass is 371 g/mol. The van der Waals surface area contributed by atoms with Gasteiger partial charge in [0.25, 0.3) is 5.95 Å². The predicted molar refractivity (Wildman–Crippen MR) is 74.4 cm³/mol. The number of ether oxygens (including phenoxy) is 1. The van der Waals surface area contributed by atoms with Crippen molar-refractivity contribution in [2.24, 2.45) is 17.3 Å². The van der Waals surface area contributed by atoms with E-state index in [9.17, 15) is 22.4 Å². The van der Waals surface area contributed by atoms with Crippen LogP contribution in [0.4, 0.5) is 17.6 Å². The molecule has 2 rings (SSSR count). The largest absolute Gasteiger partial charge is 0.459 e. The smallest absolute Gasteiger partial charge is 0.310 e. The van der Waals surface area contributed by atoms with Gasteiger partial charge in [-0.1, -0.05) is 37.0 Å². The van der Waals surface area contributed by atoms with Crippen LogP contribution in [0.15, 0.2) is 10.6 Å². The number of carbonyl (C=O) groups excluding carboxylic acids is 1. The van der Waals surface area contributed by atoms with Gasteiger partial charge in [-0.3, -0.25) is 4.79 Å². The minimum atomic E-state index is -2.03. The number of halogens is 6. The first-order chi connectivity index (χ1) is 10.6. The average molecular weight is 372 g/mol. The minimum absolute atomic E-state index is 0.00578. The summed E-state index contributed by atoms with van der Waals surface area (Å²) in [6, 6.07) is 0. The highest BCUT2D eigenvalue weighted by Crippen LogP contribution is 2.60. The third-order valence-corrected chi connectivity index (χ3v) is 4.13. The van der Waals surface area contributed by atoms with Crippen LogP contribution in [0.2, 0.25) is 0 Å². The zero-order valence-electron chi connectivity index (χ0n) is 12.0. The molecule has 3 nitrogen and oxygen atoms in total. The lowest BCUT2D eigenvalue weighted by Crippen LogP contribution is -2.14. The zero-order valence-corrected chi connectivity index (χ0v) is 13.5. The van der Waals surface area contributed by atoms with E-state index in [0.717, 1.165) is 0 Å². The van der Waals surface area contributed by atoms with Crippen LogP contribution in [-0.4, -0.2) is 11.0 Å².